The van der Waals surface area contributed by atoms with Gasteiger partial charge in [0, 0.05) is 0 Å². The second-order valence-corrected chi connectivity index (χ2v) is 3.45. The predicted molar refractivity (Wildman–Crippen MR) is 69.3 cm³/mol. The molecule has 0 unspecified atom stereocenters. The molecule has 1 rings (SSSR count). The molecule has 0 fully saturated rings. The largest absolute Gasteiger partial charge is 0.493 e. The first-order chi connectivity index (χ1) is 9.56. The lowest BCUT2D eigenvalue weighted by Crippen LogP contribution is -2.16. The number of methoxy groups -OCH3 is 2. The molecule has 1 aromatic rings. The number of carboxylic acid groups (broad SMARTS) is 1. The summed E-state index contributed by atoms with van der Waals surface area (Å²) in [4.78, 5) is 21.2. The SMILES string of the molecule is COC(=O)N/N=C\c1ccc(OCC(=O)O)c(OC)c1. The third kappa shape index (κ3) is 4.84. The minimum atomic E-state index is -1.08. The van der Waals surface area contributed by atoms with Gasteiger partial charge in [-0.25, -0.2) is 15.0 Å². The summed E-state index contributed by atoms with van der Waals surface area (Å²) in [6.07, 6.45) is 0.690. The van der Waals surface area contributed by atoms with Gasteiger partial charge in [0.05, 0.1) is 20.4 Å². The van der Waals surface area contributed by atoms with Crippen molar-refractivity contribution in [2.24, 2.45) is 5.10 Å². The van der Waals surface area contributed by atoms with Crippen molar-refractivity contribution in [1.29, 1.82) is 0 Å². The first-order valence-electron chi connectivity index (χ1n) is 5.46. The van der Waals surface area contributed by atoms with E-state index in [9.17, 15) is 9.59 Å². The van der Waals surface area contributed by atoms with E-state index in [0.29, 0.717) is 17.1 Å². The molecule has 0 radical (unpaired) electrons. The summed E-state index contributed by atoms with van der Waals surface area (Å²) >= 11 is 0. The average Bonchev–Trinajstić information content (AvgIpc) is 2.45. The zero-order chi connectivity index (χ0) is 15.0. The number of aliphatic carboxylic acids is 1. The van der Waals surface area contributed by atoms with Gasteiger partial charge in [-0.05, 0) is 23.8 Å². The monoisotopic (exact) mass is 282 g/mol. The van der Waals surface area contributed by atoms with Gasteiger partial charge < -0.3 is 19.3 Å². The van der Waals surface area contributed by atoms with E-state index in [1.54, 1.807) is 18.2 Å². The molecule has 0 atom stereocenters. The highest BCUT2D eigenvalue weighted by molar-refractivity contribution is 5.82. The van der Waals surface area contributed by atoms with Crippen LogP contribution in [-0.2, 0) is 9.53 Å². The molecule has 0 heterocycles. The molecular formula is C12H14N2O6. The third-order valence-electron chi connectivity index (χ3n) is 2.09. The Hall–Kier alpha value is -2.77. The fourth-order valence-corrected chi connectivity index (χ4v) is 1.23. The number of nitrogens with one attached hydrogen (secondary N) is 1. The topological polar surface area (TPSA) is 106 Å². The van der Waals surface area contributed by atoms with E-state index in [2.05, 4.69) is 15.3 Å². The van der Waals surface area contributed by atoms with Crippen LogP contribution in [0.5, 0.6) is 11.5 Å². The number of nitrogens with zero attached hydrogens (tertiary/aromatic N) is 1. The number of rotatable bonds is 6. The van der Waals surface area contributed by atoms with Crippen molar-refractivity contribution >= 4 is 18.3 Å². The molecule has 0 saturated heterocycles. The Labute approximate surface area is 114 Å². The average molecular weight is 282 g/mol. The Bertz CT molecular complexity index is 515. The molecule has 0 aromatic heterocycles. The van der Waals surface area contributed by atoms with E-state index in [-0.39, 0.29) is 0 Å². The van der Waals surface area contributed by atoms with Crippen LogP contribution >= 0.6 is 0 Å². The molecule has 0 bridgehead atoms. The van der Waals surface area contributed by atoms with Crippen molar-refractivity contribution in [3.05, 3.63) is 23.8 Å². The van der Waals surface area contributed by atoms with Crippen LogP contribution < -0.4 is 14.9 Å². The number of ether oxygens (including phenoxy) is 3. The van der Waals surface area contributed by atoms with Crippen LogP contribution in [0, 0.1) is 0 Å². The van der Waals surface area contributed by atoms with Crippen molar-refractivity contribution in [2.45, 2.75) is 0 Å². The fourth-order valence-electron chi connectivity index (χ4n) is 1.23. The Kier molecular flexibility index (Phi) is 5.82. The van der Waals surface area contributed by atoms with Crippen LogP contribution in [-0.4, -0.2) is 44.2 Å². The van der Waals surface area contributed by atoms with Gasteiger partial charge in [-0.15, -0.1) is 0 Å². The predicted octanol–water partition coefficient (Wildman–Crippen LogP) is 0.848. The lowest BCUT2D eigenvalue weighted by Gasteiger charge is -2.09. The summed E-state index contributed by atoms with van der Waals surface area (Å²) in [5.74, 6) is -0.429. The van der Waals surface area contributed by atoms with E-state index >= 15 is 0 Å². The second kappa shape index (κ2) is 7.62. The van der Waals surface area contributed by atoms with Crippen molar-refractivity contribution in [3.63, 3.8) is 0 Å². The Morgan fingerprint density at radius 1 is 1.35 bits per heavy atom. The molecule has 1 aromatic carbocycles. The minimum Gasteiger partial charge on any atom is -0.493 e. The molecule has 0 aliphatic carbocycles. The summed E-state index contributed by atoms with van der Waals surface area (Å²) in [6.45, 7) is -0.465. The van der Waals surface area contributed by atoms with Gasteiger partial charge in [-0.2, -0.15) is 5.10 Å². The van der Waals surface area contributed by atoms with E-state index in [0.717, 1.165) is 0 Å². The molecule has 8 heteroatoms. The van der Waals surface area contributed by atoms with Gasteiger partial charge in [0.15, 0.2) is 18.1 Å². The third-order valence-corrected chi connectivity index (χ3v) is 2.09. The number of carbonyl (C=O) groups is 2. The van der Waals surface area contributed by atoms with Crippen LogP contribution in [0.4, 0.5) is 4.79 Å². The Morgan fingerprint density at radius 3 is 2.70 bits per heavy atom. The van der Waals surface area contributed by atoms with E-state index in [4.69, 9.17) is 14.6 Å². The highest BCUT2D eigenvalue weighted by Crippen LogP contribution is 2.27. The first-order valence-corrected chi connectivity index (χ1v) is 5.46. The van der Waals surface area contributed by atoms with Crippen LogP contribution in [0.1, 0.15) is 5.56 Å². The highest BCUT2D eigenvalue weighted by Gasteiger charge is 2.07. The molecule has 20 heavy (non-hydrogen) atoms. The smallest absolute Gasteiger partial charge is 0.427 e. The van der Waals surface area contributed by atoms with Crippen LogP contribution in [0.25, 0.3) is 0 Å². The molecular weight excluding hydrogens is 268 g/mol. The van der Waals surface area contributed by atoms with Crippen LogP contribution in [0.2, 0.25) is 0 Å². The minimum absolute atomic E-state index is 0.299. The zero-order valence-electron chi connectivity index (χ0n) is 11.0. The number of benzene rings is 1. The van der Waals surface area contributed by atoms with Gasteiger partial charge in [-0.1, -0.05) is 0 Å². The number of carboxylic acids is 1. The molecule has 0 aliphatic rings. The molecule has 0 saturated carbocycles. The summed E-state index contributed by atoms with van der Waals surface area (Å²) in [5, 5.41) is 12.2. The Morgan fingerprint density at radius 2 is 2.10 bits per heavy atom. The maximum Gasteiger partial charge on any atom is 0.427 e. The maximum atomic E-state index is 10.8. The normalized spacial score (nSPS) is 10.1. The summed E-state index contributed by atoms with van der Waals surface area (Å²) < 4.78 is 14.5. The number of carbonyl (C=O) groups excluding carboxylic acids is 1. The van der Waals surface area contributed by atoms with Gasteiger partial charge in [0.1, 0.15) is 0 Å². The van der Waals surface area contributed by atoms with E-state index < -0.39 is 18.7 Å². The molecule has 0 spiro atoms. The molecule has 1 amide bonds. The van der Waals surface area contributed by atoms with Crippen LogP contribution in [0.3, 0.4) is 0 Å². The summed E-state index contributed by atoms with van der Waals surface area (Å²) in [6, 6.07) is 4.75. The zero-order valence-corrected chi connectivity index (χ0v) is 11.0. The Balaban J connectivity index is 2.76. The first kappa shape index (κ1) is 15.3. The number of hydrogen-bond donors (Lipinski definition) is 2. The highest BCUT2D eigenvalue weighted by atomic mass is 16.5. The van der Waals surface area contributed by atoms with Crippen molar-refractivity contribution < 1.29 is 28.9 Å². The molecule has 0 aliphatic heterocycles. The molecule has 8 nitrogen and oxygen atoms in total. The number of amides is 1. The lowest BCUT2D eigenvalue weighted by molar-refractivity contribution is -0.139. The van der Waals surface area contributed by atoms with Gasteiger partial charge >= 0.3 is 12.1 Å². The van der Waals surface area contributed by atoms with Crippen molar-refractivity contribution in [2.75, 3.05) is 20.8 Å². The molecule has 108 valence electrons. The van der Waals surface area contributed by atoms with Crippen molar-refractivity contribution in [1.82, 2.24) is 5.43 Å². The fraction of sp³-hybridized carbons (Fsp3) is 0.250. The van der Waals surface area contributed by atoms with E-state index in [1.807, 2.05) is 0 Å². The van der Waals surface area contributed by atoms with Gasteiger partial charge in [0.25, 0.3) is 0 Å². The van der Waals surface area contributed by atoms with Gasteiger partial charge in [0.2, 0.25) is 0 Å². The van der Waals surface area contributed by atoms with E-state index in [1.165, 1.54) is 20.4 Å². The number of hydrazone groups is 1. The molecule has 2 N–H and O–H groups in total. The second-order valence-electron chi connectivity index (χ2n) is 3.45. The lowest BCUT2D eigenvalue weighted by atomic mass is 10.2. The van der Waals surface area contributed by atoms with Crippen molar-refractivity contribution in [3.8, 4) is 11.5 Å². The summed E-state index contributed by atoms with van der Waals surface area (Å²) in [5.41, 5.74) is 2.76. The number of hydrogen-bond acceptors (Lipinski definition) is 6. The summed E-state index contributed by atoms with van der Waals surface area (Å²) in [7, 11) is 2.65. The van der Waals surface area contributed by atoms with Crippen LogP contribution in [0.15, 0.2) is 23.3 Å². The maximum absolute atomic E-state index is 10.8. The van der Waals surface area contributed by atoms with Gasteiger partial charge in [-0.3, -0.25) is 0 Å². The quantitative estimate of drug-likeness (QED) is 0.591. The standard InChI is InChI=1S/C12H14N2O6/c1-18-10-5-8(6-13-14-12(17)19-2)3-4-9(10)20-7-11(15)16/h3-6H,7H2,1-2H3,(H,14,17)(H,15,16)/b13-6-.